The Labute approximate surface area is 140 Å². The largest absolute Gasteiger partial charge is 0.481 e. The molecule has 1 aromatic rings. The Morgan fingerprint density at radius 3 is 2.38 bits per heavy atom. The SMILES string of the molecule is CC(=O)O[C@H](C(=O)N1CCOCC1)[C@H](Cc1ccccc1)C(=O)O. The van der Waals surface area contributed by atoms with Gasteiger partial charge < -0.3 is 19.5 Å². The van der Waals surface area contributed by atoms with Gasteiger partial charge in [0, 0.05) is 20.0 Å². The summed E-state index contributed by atoms with van der Waals surface area (Å²) < 4.78 is 10.3. The molecule has 2 rings (SSSR count). The maximum absolute atomic E-state index is 12.7. The van der Waals surface area contributed by atoms with Gasteiger partial charge in [-0.3, -0.25) is 14.4 Å². The molecule has 130 valence electrons. The fourth-order valence-electron chi connectivity index (χ4n) is 2.64. The molecular weight excluding hydrogens is 314 g/mol. The third-order valence-corrected chi connectivity index (χ3v) is 3.84. The first kappa shape index (κ1) is 17.9. The van der Waals surface area contributed by atoms with E-state index in [2.05, 4.69) is 0 Å². The van der Waals surface area contributed by atoms with Gasteiger partial charge in [-0.2, -0.15) is 0 Å². The van der Waals surface area contributed by atoms with Crippen LogP contribution in [0.1, 0.15) is 12.5 Å². The second-order valence-electron chi connectivity index (χ2n) is 5.60. The zero-order chi connectivity index (χ0) is 17.5. The topological polar surface area (TPSA) is 93.1 Å². The number of carboxylic acid groups (broad SMARTS) is 1. The molecule has 1 saturated heterocycles. The van der Waals surface area contributed by atoms with Gasteiger partial charge in [0.05, 0.1) is 13.2 Å². The molecule has 1 aliphatic heterocycles. The number of hydrogen-bond acceptors (Lipinski definition) is 5. The van der Waals surface area contributed by atoms with Gasteiger partial charge in [0.2, 0.25) is 0 Å². The summed E-state index contributed by atoms with van der Waals surface area (Å²) in [6, 6.07) is 8.96. The van der Waals surface area contributed by atoms with Crippen LogP contribution >= 0.6 is 0 Å². The van der Waals surface area contributed by atoms with E-state index in [9.17, 15) is 19.5 Å². The summed E-state index contributed by atoms with van der Waals surface area (Å²) in [4.78, 5) is 37.3. The van der Waals surface area contributed by atoms with Gasteiger partial charge >= 0.3 is 11.9 Å². The van der Waals surface area contributed by atoms with E-state index in [0.717, 1.165) is 5.56 Å². The highest BCUT2D eigenvalue weighted by Gasteiger charge is 2.39. The fourth-order valence-corrected chi connectivity index (χ4v) is 2.64. The van der Waals surface area contributed by atoms with Gasteiger partial charge in [0.25, 0.3) is 5.91 Å². The van der Waals surface area contributed by atoms with Gasteiger partial charge in [-0.05, 0) is 12.0 Å². The third-order valence-electron chi connectivity index (χ3n) is 3.84. The number of aliphatic carboxylic acids is 1. The van der Waals surface area contributed by atoms with E-state index < -0.39 is 29.9 Å². The van der Waals surface area contributed by atoms with Gasteiger partial charge in [-0.25, -0.2) is 0 Å². The van der Waals surface area contributed by atoms with Crippen molar-refractivity contribution in [2.75, 3.05) is 26.3 Å². The number of carbonyl (C=O) groups is 3. The highest BCUT2D eigenvalue weighted by molar-refractivity contribution is 5.88. The number of hydrogen-bond donors (Lipinski definition) is 1. The highest BCUT2D eigenvalue weighted by atomic mass is 16.5. The second-order valence-corrected chi connectivity index (χ2v) is 5.60. The van der Waals surface area contributed by atoms with Crippen LogP contribution in [0, 0.1) is 5.92 Å². The van der Waals surface area contributed by atoms with E-state index in [1.807, 2.05) is 6.07 Å². The molecule has 2 atom stereocenters. The Bertz CT molecular complexity index is 582. The first-order valence-corrected chi connectivity index (χ1v) is 7.79. The first-order valence-electron chi connectivity index (χ1n) is 7.79. The summed E-state index contributed by atoms with van der Waals surface area (Å²) in [7, 11) is 0. The zero-order valence-electron chi connectivity index (χ0n) is 13.5. The van der Waals surface area contributed by atoms with E-state index in [0.29, 0.717) is 26.3 Å². The Morgan fingerprint density at radius 1 is 1.21 bits per heavy atom. The number of esters is 1. The van der Waals surface area contributed by atoms with E-state index in [1.165, 1.54) is 11.8 Å². The number of nitrogens with zero attached hydrogens (tertiary/aromatic N) is 1. The zero-order valence-corrected chi connectivity index (χ0v) is 13.5. The summed E-state index contributed by atoms with van der Waals surface area (Å²) in [6.07, 6.45) is -1.25. The molecule has 0 saturated carbocycles. The molecular formula is C17H21NO6. The Kier molecular flexibility index (Phi) is 6.31. The molecule has 1 aliphatic rings. The van der Waals surface area contributed by atoms with Gasteiger partial charge in [0.15, 0.2) is 6.10 Å². The fraction of sp³-hybridized carbons (Fsp3) is 0.471. The van der Waals surface area contributed by atoms with E-state index in [1.54, 1.807) is 24.3 Å². The minimum Gasteiger partial charge on any atom is -0.481 e. The Balaban J connectivity index is 2.22. The van der Waals surface area contributed by atoms with Gasteiger partial charge in [-0.1, -0.05) is 30.3 Å². The van der Waals surface area contributed by atoms with Gasteiger partial charge in [-0.15, -0.1) is 0 Å². The molecule has 24 heavy (non-hydrogen) atoms. The molecule has 0 aliphatic carbocycles. The molecule has 1 aromatic carbocycles. The van der Waals surface area contributed by atoms with Gasteiger partial charge in [0.1, 0.15) is 5.92 Å². The summed E-state index contributed by atoms with van der Waals surface area (Å²) in [5, 5.41) is 9.58. The van der Waals surface area contributed by atoms with Crippen molar-refractivity contribution in [2.45, 2.75) is 19.4 Å². The van der Waals surface area contributed by atoms with Crippen LogP contribution in [0.3, 0.4) is 0 Å². The molecule has 0 unspecified atom stereocenters. The van der Waals surface area contributed by atoms with Crippen molar-refractivity contribution in [2.24, 2.45) is 5.92 Å². The van der Waals surface area contributed by atoms with Crippen LogP contribution in [-0.4, -0.2) is 60.3 Å². The monoisotopic (exact) mass is 335 g/mol. The van der Waals surface area contributed by atoms with Crippen LogP contribution in [0.5, 0.6) is 0 Å². The highest BCUT2D eigenvalue weighted by Crippen LogP contribution is 2.19. The average molecular weight is 335 g/mol. The molecule has 0 radical (unpaired) electrons. The number of benzene rings is 1. The molecule has 0 spiro atoms. The predicted octanol–water partition coefficient (Wildman–Crippen LogP) is 0.720. The van der Waals surface area contributed by atoms with Crippen LogP contribution in [0.2, 0.25) is 0 Å². The maximum Gasteiger partial charge on any atom is 0.311 e. The standard InChI is InChI=1S/C17H21NO6/c1-12(19)24-15(16(20)18-7-9-23-10-8-18)14(17(21)22)11-13-5-3-2-4-6-13/h2-6,14-15H,7-11H2,1H3,(H,21,22)/t14-,15-/m0/s1. The molecule has 1 heterocycles. The molecule has 1 amide bonds. The number of morpholine rings is 1. The minimum atomic E-state index is -1.35. The van der Waals surface area contributed by atoms with Crippen molar-refractivity contribution in [1.82, 2.24) is 4.90 Å². The minimum absolute atomic E-state index is 0.101. The van der Waals surface area contributed by atoms with Crippen LogP contribution in [0.25, 0.3) is 0 Å². The van der Waals surface area contributed by atoms with Crippen LogP contribution < -0.4 is 0 Å². The second kappa shape index (κ2) is 8.44. The van der Waals surface area contributed by atoms with Crippen LogP contribution in [0.4, 0.5) is 0 Å². The van der Waals surface area contributed by atoms with Crippen LogP contribution in [-0.2, 0) is 30.3 Å². The number of amides is 1. The molecule has 1 N–H and O–H groups in total. The lowest BCUT2D eigenvalue weighted by Gasteiger charge is -2.32. The van der Waals surface area contributed by atoms with Crippen molar-refractivity contribution in [3.8, 4) is 0 Å². The number of rotatable bonds is 6. The lowest BCUT2D eigenvalue weighted by Crippen LogP contribution is -2.51. The van der Waals surface area contributed by atoms with E-state index in [-0.39, 0.29) is 6.42 Å². The summed E-state index contributed by atoms with van der Waals surface area (Å²) in [5.74, 6) is -3.49. The summed E-state index contributed by atoms with van der Waals surface area (Å²) in [5.41, 5.74) is 0.761. The predicted molar refractivity (Wildman–Crippen MR) is 84.2 cm³/mol. The van der Waals surface area contributed by atoms with E-state index in [4.69, 9.17) is 9.47 Å². The smallest absolute Gasteiger partial charge is 0.311 e. The number of carbonyl (C=O) groups excluding carboxylic acids is 2. The summed E-state index contributed by atoms with van der Waals surface area (Å²) in [6.45, 7) is 2.65. The van der Waals surface area contributed by atoms with Crippen LogP contribution in [0.15, 0.2) is 30.3 Å². The molecule has 7 heteroatoms. The molecule has 1 fully saturated rings. The molecule has 0 bridgehead atoms. The molecule has 0 aromatic heterocycles. The van der Waals surface area contributed by atoms with E-state index >= 15 is 0 Å². The Hall–Kier alpha value is -2.41. The third kappa shape index (κ3) is 4.79. The van der Waals surface area contributed by atoms with Crippen molar-refractivity contribution < 1.29 is 29.0 Å². The van der Waals surface area contributed by atoms with Crippen molar-refractivity contribution in [3.63, 3.8) is 0 Å². The number of ether oxygens (including phenoxy) is 2. The first-order chi connectivity index (χ1) is 11.5. The quantitative estimate of drug-likeness (QED) is 0.770. The van der Waals surface area contributed by atoms with Crippen molar-refractivity contribution in [1.29, 1.82) is 0 Å². The van der Waals surface area contributed by atoms with Crippen molar-refractivity contribution in [3.05, 3.63) is 35.9 Å². The average Bonchev–Trinajstić information content (AvgIpc) is 2.58. The maximum atomic E-state index is 12.7. The normalized spacial score (nSPS) is 17.0. The lowest BCUT2D eigenvalue weighted by molar-refractivity contribution is -0.169. The lowest BCUT2D eigenvalue weighted by atomic mass is 9.93. The van der Waals surface area contributed by atoms with Crippen molar-refractivity contribution >= 4 is 17.8 Å². The Morgan fingerprint density at radius 2 is 1.83 bits per heavy atom. The molecule has 7 nitrogen and oxygen atoms in total. The summed E-state index contributed by atoms with van der Waals surface area (Å²) >= 11 is 0. The number of carboxylic acids is 1.